The smallest absolute Gasteiger partial charge is 0.316 e. The van der Waals surface area contributed by atoms with E-state index in [9.17, 15) is 9.59 Å². The second kappa shape index (κ2) is 9.12. The van der Waals surface area contributed by atoms with Gasteiger partial charge in [-0.05, 0) is 23.9 Å². The van der Waals surface area contributed by atoms with E-state index in [2.05, 4.69) is 41.0 Å². The first-order chi connectivity index (χ1) is 16.0. The number of thiazole rings is 1. The highest BCUT2D eigenvalue weighted by atomic mass is 35.5. The molecule has 0 saturated carbocycles. The van der Waals surface area contributed by atoms with Gasteiger partial charge in [0, 0.05) is 29.6 Å². The highest BCUT2D eigenvalue weighted by molar-refractivity contribution is 7.98. The molecule has 0 spiro atoms. The number of nitrogens with zero attached hydrogens (tertiary/aromatic N) is 6. The highest BCUT2D eigenvalue weighted by Gasteiger charge is 2.34. The van der Waals surface area contributed by atoms with E-state index in [-0.39, 0.29) is 23.9 Å². The maximum Gasteiger partial charge on any atom is 0.330 e. The Balaban J connectivity index is 1.65. The number of urea groups is 1. The summed E-state index contributed by atoms with van der Waals surface area (Å²) in [6.45, 7) is 6.41. The van der Waals surface area contributed by atoms with Crippen molar-refractivity contribution in [2.75, 3.05) is 28.4 Å². The van der Waals surface area contributed by atoms with Crippen LogP contribution >= 0.6 is 34.7 Å². The number of aromatic nitrogens is 4. The number of hydrogen-bond donors (Lipinski definition) is 1. The van der Waals surface area contributed by atoms with Gasteiger partial charge in [0.25, 0.3) is 11.1 Å². The number of rotatable bonds is 4. The van der Waals surface area contributed by atoms with Crippen LogP contribution in [-0.2, 0) is 19.0 Å². The Morgan fingerprint density at radius 1 is 1.32 bits per heavy atom. The lowest BCUT2D eigenvalue weighted by Gasteiger charge is -2.33. The number of pyridine rings is 1. The maximum atomic E-state index is 13.2. The van der Waals surface area contributed by atoms with Crippen molar-refractivity contribution in [3.05, 3.63) is 45.3 Å². The third-order valence-electron chi connectivity index (χ3n) is 5.24. The molecule has 0 radical (unpaired) electrons. The third kappa shape index (κ3) is 4.59. The van der Waals surface area contributed by atoms with Crippen LogP contribution in [-0.4, -0.2) is 40.2 Å². The summed E-state index contributed by atoms with van der Waals surface area (Å²) in [6, 6.07) is 1.41. The quantitative estimate of drug-likeness (QED) is 0.240. The van der Waals surface area contributed by atoms with Crippen LogP contribution in [0.25, 0.3) is 0 Å². The number of amides is 3. The van der Waals surface area contributed by atoms with Crippen molar-refractivity contribution in [1.29, 1.82) is 0 Å². The number of thioether (sulfide) groups is 1. The largest absolute Gasteiger partial charge is 0.330 e. The van der Waals surface area contributed by atoms with E-state index in [0.717, 1.165) is 10.6 Å². The number of aryl methyl sites for hydroxylation is 1. The molecule has 0 aliphatic carbocycles. The summed E-state index contributed by atoms with van der Waals surface area (Å²) in [5, 5.41) is 6.46. The molecule has 3 aromatic rings. The number of nitrogens with one attached hydrogen (secondary N) is 1. The Bertz CT molecular complexity index is 1290. The molecule has 4 rings (SSSR count). The van der Waals surface area contributed by atoms with Crippen molar-refractivity contribution in [2.45, 2.75) is 37.9 Å². The van der Waals surface area contributed by atoms with Crippen molar-refractivity contribution in [3.8, 4) is 0 Å². The minimum Gasteiger partial charge on any atom is -0.316 e. The van der Waals surface area contributed by atoms with Gasteiger partial charge < -0.3 is 5.32 Å². The van der Waals surface area contributed by atoms with Crippen LogP contribution in [0.5, 0.6) is 0 Å². The van der Waals surface area contributed by atoms with Crippen molar-refractivity contribution in [1.82, 2.24) is 15.0 Å². The molecule has 3 amide bonds. The van der Waals surface area contributed by atoms with Gasteiger partial charge in [-0.3, -0.25) is 14.6 Å². The number of carbonyl (C=O) groups is 2. The third-order valence-corrected chi connectivity index (χ3v) is 7.53. The summed E-state index contributed by atoms with van der Waals surface area (Å²) in [5.41, 5.74) is 1.96. The number of halogens is 1. The molecule has 0 fully saturated rings. The maximum absolute atomic E-state index is 13.2. The zero-order valence-corrected chi connectivity index (χ0v) is 22.1. The molecule has 34 heavy (non-hydrogen) atoms. The van der Waals surface area contributed by atoms with Crippen LogP contribution < -0.4 is 19.7 Å². The molecule has 1 aliphatic heterocycles. The SMILES string of the molecule is CSc1ncc2c(n1)N(C)C(=O)N(c1cc(NC(=O)c3csc(C(C)(C)C)n3)c[n+](C)c1Cl)C2. The van der Waals surface area contributed by atoms with Crippen LogP contribution in [0.15, 0.2) is 29.0 Å². The van der Waals surface area contributed by atoms with Gasteiger partial charge in [0.05, 0.1) is 11.6 Å². The fraction of sp³-hybridized carbons (Fsp3) is 0.364. The molecular weight excluding hydrogens is 494 g/mol. The molecule has 1 N–H and O–H groups in total. The van der Waals surface area contributed by atoms with E-state index in [1.165, 1.54) is 28.0 Å². The van der Waals surface area contributed by atoms with Crippen LogP contribution in [0.2, 0.25) is 5.15 Å². The first-order valence-corrected chi connectivity index (χ1v) is 12.9. The van der Waals surface area contributed by atoms with E-state index < -0.39 is 0 Å². The number of hydrogen-bond acceptors (Lipinski definition) is 7. The molecule has 178 valence electrons. The van der Waals surface area contributed by atoms with Gasteiger partial charge in [0.15, 0.2) is 11.4 Å². The Kier molecular flexibility index (Phi) is 6.54. The van der Waals surface area contributed by atoms with E-state index in [4.69, 9.17) is 11.6 Å². The summed E-state index contributed by atoms with van der Waals surface area (Å²) in [6.07, 6.45) is 5.30. The predicted molar refractivity (Wildman–Crippen MR) is 135 cm³/mol. The van der Waals surface area contributed by atoms with Gasteiger partial charge in [-0.15, -0.1) is 11.3 Å². The zero-order chi connectivity index (χ0) is 24.8. The van der Waals surface area contributed by atoms with Gasteiger partial charge >= 0.3 is 6.03 Å². The standard InChI is InChI=1S/C22H24ClN7O2S2/c1-22(2,3)19-26-14(11-34-19)18(31)25-13-7-15(16(23)28(4)10-13)30-9-12-8-24-20(33-6)27-17(12)29(5)21(30)32/h7-8,10-11H,9H2,1-6H3/p+1. The lowest BCUT2D eigenvalue weighted by atomic mass is 9.98. The number of fused-ring (bicyclic) bond motifs is 1. The summed E-state index contributed by atoms with van der Waals surface area (Å²) < 4.78 is 1.66. The Hall–Kier alpha value is -2.76. The normalized spacial score (nSPS) is 13.8. The summed E-state index contributed by atoms with van der Waals surface area (Å²) in [5.74, 6) is 0.245. The minimum absolute atomic E-state index is 0.139. The average molecular weight is 519 g/mol. The zero-order valence-electron chi connectivity index (χ0n) is 19.7. The molecule has 3 aromatic heterocycles. The Morgan fingerprint density at radius 2 is 2.06 bits per heavy atom. The second-order valence-electron chi connectivity index (χ2n) is 8.89. The van der Waals surface area contributed by atoms with Crippen molar-refractivity contribution in [2.24, 2.45) is 7.05 Å². The molecular formula is C22H25ClN7O2S2+. The first kappa shape index (κ1) is 24.4. The molecule has 1 aliphatic rings. The Labute approximate surface area is 211 Å². The predicted octanol–water partition coefficient (Wildman–Crippen LogP) is 4.26. The van der Waals surface area contributed by atoms with Crippen LogP contribution in [0.4, 0.5) is 22.0 Å². The highest BCUT2D eigenvalue weighted by Crippen LogP contribution is 2.34. The van der Waals surface area contributed by atoms with E-state index in [0.29, 0.717) is 33.2 Å². The van der Waals surface area contributed by atoms with Crippen molar-refractivity contribution in [3.63, 3.8) is 0 Å². The topological polar surface area (TPSA) is 95.2 Å². The van der Waals surface area contributed by atoms with E-state index in [1.807, 2.05) is 6.26 Å². The second-order valence-corrected chi connectivity index (χ2v) is 10.9. The van der Waals surface area contributed by atoms with Crippen molar-refractivity contribution >= 4 is 63.8 Å². The minimum atomic E-state index is -0.328. The van der Waals surface area contributed by atoms with Gasteiger partial charge in [0.1, 0.15) is 29.9 Å². The summed E-state index contributed by atoms with van der Waals surface area (Å²) in [7, 11) is 3.42. The molecule has 0 bridgehead atoms. The van der Waals surface area contributed by atoms with Gasteiger partial charge in [-0.2, -0.15) is 4.57 Å². The van der Waals surface area contributed by atoms with Crippen LogP contribution in [0.1, 0.15) is 41.8 Å². The molecule has 0 saturated heterocycles. The van der Waals surface area contributed by atoms with Crippen LogP contribution in [0.3, 0.4) is 0 Å². The Morgan fingerprint density at radius 3 is 2.71 bits per heavy atom. The summed E-state index contributed by atoms with van der Waals surface area (Å²) >= 11 is 9.45. The molecule has 0 unspecified atom stereocenters. The van der Waals surface area contributed by atoms with E-state index >= 15 is 0 Å². The molecule has 0 aromatic carbocycles. The average Bonchev–Trinajstić information content (AvgIpc) is 3.30. The molecule has 4 heterocycles. The van der Waals surface area contributed by atoms with Gasteiger partial charge in [0.2, 0.25) is 0 Å². The van der Waals surface area contributed by atoms with Crippen molar-refractivity contribution < 1.29 is 14.2 Å². The lowest BCUT2D eigenvalue weighted by Crippen LogP contribution is -2.47. The van der Waals surface area contributed by atoms with E-state index in [1.54, 1.807) is 47.4 Å². The lowest BCUT2D eigenvalue weighted by molar-refractivity contribution is -0.668. The first-order valence-electron chi connectivity index (χ1n) is 10.4. The van der Waals surface area contributed by atoms with Crippen LogP contribution in [0, 0.1) is 0 Å². The molecule has 0 atom stereocenters. The molecule has 9 nitrogen and oxygen atoms in total. The van der Waals surface area contributed by atoms with Gasteiger partial charge in [-0.25, -0.2) is 19.7 Å². The fourth-order valence-corrected chi connectivity index (χ4v) is 4.87. The number of anilines is 3. The fourth-order valence-electron chi connectivity index (χ4n) is 3.45. The monoisotopic (exact) mass is 518 g/mol. The molecule has 12 heteroatoms. The number of carbonyl (C=O) groups excluding carboxylic acids is 2. The van der Waals surface area contributed by atoms with Gasteiger partial charge in [-0.1, -0.05) is 32.5 Å². The summed E-state index contributed by atoms with van der Waals surface area (Å²) in [4.78, 5) is 42.4.